The monoisotopic (exact) mass is 429 g/mol. The summed E-state index contributed by atoms with van der Waals surface area (Å²) in [5.41, 5.74) is 5.81. The van der Waals surface area contributed by atoms with Crippen LogP contribution < -0.4 is 5.32 Å². The minimum Gasteiger partial charge on any atom is -0.303 e. The van der Waals surface area contributed by atoms with E-state index in [0.29, 0.717) is 35.8 Å². The molecule has 1 saturated heterocycles. The zero-order chi connectivity index (χ0) is 22.0. The van der Waals surface area contributed by atoms with Gasteiger partial charge < -0.3 is 5.32 Å². The van der Waals surface area contributed by atoms with Crippen LogP contribution in [-0.4, -0.2) is 0 Å². The molecule has 1 nitrogen and oxygen atoms in total. The Morgan fingerprint density at radius 1 is 0.394 bits per heavy atom. The van der Waals surface area contributed by atoms with Gasteiger partial charge >= 0.3 is 0 Å². The molecule has 2 fully saturated rings. The first kappa shape index (κ1) is 20.4. The van der Waals surface area contributed by atoms with Gasteiger partial charge in [-0.1, -0.05) is 121 Å². The van der Waals surface area contributed by atoms with Crippen LogP contribution >= 0.6 is 0 Å². The van der Waals surface area contributed by atoms with E-state index >= 15 is 0 Å². The van der Waals surface area contributed by atoms with Crippen molar-refractivity contribution in [3.8, 4) is 0 Å². The third-order valence-electron chi connectivity index (χ3n) is 8.07. The Morgan fingerprint density at radius 3 is 1.09 bits per heavy atom. The normalized spacial score (nSPS) is 28.8. The predicted molar refractivity (Wildman–Crippen MR) is 136 cm³/mol. The number of hydrogen-bond acceptors (Lipinski definition) is 1. The molecule has 6 atom stereocenters. The molecule has 33 heavy (non-hydrogen) atoms. The molecule has 0 aromatic heterocycles. The molecule has 0 amide bonds. The van der Waals surface area contributed by atoms with Crippen molar-refractivity contribution in [2.24, 2.45) is 11.8 Å². The maximum atomic E-state index is 4.19. The van der Waals surface area contributed by atoms with E-state index in [-0.39, 0.29) is 0 Å². The smallest absolute Gasteiger partial charge is 0.0360 e. The number of nitrogens with one attached hydrogen (secondary N) is 1. The molecule has 2 aliphatic rings. The Morgan fingerprint density at radius 2 is 0.727 bits per heavy atom. The summed E-state index contributed by atoms with van der Waals surface area (Å²) in [6.45, 7) is 0. The van der Waals surface area contributed by atoms with Gasteiger partial charge in [0.1, 0.15) is 0 Å². The molecule has 1 saturated carbocycles. The number of hydrogen-bond donors (Lipinski definition) is 1. The molecule has 1 aliphatic carbocycles. The maximum Gasteiger partial charge on any atom is 0.0360 e. The highest BCUT2D eigenvalue weighted by Gasteiger charge is 2.49. The summed E-state index contributed by atoms with van der Waals surface area (Å²) >= 11 is 0. The van der Waals surface area contributed by atoms with Crippen LogP contribution in [0.3, 0.4) is 0 Å². The molecule has 1 N–H and O–H groups in total. The van der Waals surface area contributed by atoms with Crippen LogP contribution in [0.25, 0.3) is 0 Å². The molecule has 4 aromatic carbocycles. The molecule has 4 aromatic rings. The maximum absolute atomic E-state index is 4.19. The van der Waals surface area contributed by atoms with Gasteiger partial charge in [0.05, 0.1) is 0 Å². The van der Waals surface area contributed by atoms with Crippen LogP contribution in [0.4, 0.5) is 0 Å². The van der Waals surface area contributed by atoms with E-state index in [1.165, 1.54) is 35.1 Å². The molecule has 1 heterocycles. The lowest BCUT2D eigenvalue weighted by atomic mass is 9.57. The first-order valence-electron chi connectivity index (χ1n) is 12.3. The molecule has 1 heteroatoms. The second-order valence-electron chi connectivity index (χ2n) is 9.78. The first-order valence-corrected chi connectivity index (χ1v) is 12.3. The van der Waals surface area contributed by atoms with Crippen molar-refractivity contribution in [3.05, 3.63) is 144 Å². The van der Waals surface area contributed by atoms with E-state index < -0.39 is 0 Å². The lowest BCUT2D eigenvalue weighted by molar-refractivity contribution is 0.0682. The van der Waals surface area contributed by atoms with Gasteiger partial charge in [-0.3, -0.25) is 0 Å². The van der Waals surface area contributed by atoms with Gasteiger partial charge in [-0.2, -0.15) is 0 Å². The summed E-state index contributed by atoms with van der Waals surface area (Å²) < 4.78 is 0. The zero-order valence-corrected chi connectivity index (χ0v) is 18.9. The predicted octanol–water partition coefficient (Wildman–Crippen LogP) is 7.67. The fourth-order valence-electron chi connectivity index (χ4n) is 6.62. The molecular formula is C32H31N. The Bertz CT molecular complexity index is 970. The third kappa shape index (κ3) is 3.92. The third-order valence-corrected chi connectivity index (χ3v) is 8.07. The van der Waals surface area contributed by atoms with E-state index in [1.807, 2.05) is 0 Å². The van der Waals surface area contributed by atoms with Gasteiger partial charge in [-0.25, -0.2) is 0 Å². The Labute approximate surface area is 197 Å². The number of rotatable bonds is 4. The Hall–Kier alpha value is -3.16. The second kappa shape index (κ2) is 9.00. The summed E-state index contributed by atoms with van der Waals surface area (Å²) in [7, 11) is 0. The van der Waals surface area contributed by atoms with Gasteiger partial charge in [-0.05, 0) is 58.8 Å². The van der Waals surface area contributed by atoms with Crippen molar-refractivity contribution in [3.63, 3.8) is 0 Å². The van der Waals surface area contributed by atoms with Crippen molar-refractivity contribution in [1.29, 1.82) is 0 Å². The van der Waals surface area contributed by atoms with Gasteiger partial charge in [0.15, 0.2) is 0 Å². The highest BCUT2D eigenvalue weighted by molar-refractivity contribution is 5.34. The molecule has 6 rings (SSSR count). The molecule has 0 spiro atoms. The molecule has 2 bridgehead atoms. The summed E-state index contributed by atoms with van der Waals surface area (Å²) in [5, 5.41) is 4.19. The average molecular weight is 430 g/mol. The van der Waals surface area contributed by atoms with Crippen molar-refractivity contribution >= 4 is 0 Å². The summed E-state index contributed by atoms with van der Waals surface area (Å²) in [5.74, 6) is 2.25. The van der Waals surface area contributed by atoms with Gasteiger partial charge in [0, 0.05) is 12.1 Å². The quantitative estimate of drug-likeness (QED) is 0.351. The van der Waals surface area contributed by atoms with Crippen LogP contribution in [0, 0.1) is 11.8 Å². The van der Waals surface area contributed by atoms with Crippen LogP contribution in [0.5, 0.6) is 0 Å². The average Bonchev–Trinajstić information content (AvgIpc) is 2.91. The van der Waals surface area contributed by atoms with E-state index in [0.717, 1.165) is 0 Å². The van der Waals surface area contributed by atoms with E-state index in [4.69, 9.17) is 0 Å². The lowest BCUT2D eigenvalue weighted by Gasteiger charge is -2.53. The first-order chi connectivity index (χ1) is 16.4. The van der Waals surface area contributed by atoms with E-state index in [9.17, 15) is 0 Å². The van der Waals surface area contributed by atoms with Crippen molar-refractivity contribution in [1.82, 2.24) is 5.32 Å². The van der Waals surface area contributed by atoms with Crippen molar-refractivity contribution in [2.75, 3.05) is 0 Å². The molecule has 1 aliphatic heterocycles. The van der Waals surface area contributed by atoms with Crippen LogP contribution in [0.1, 0.15) is 59.0 Å². The lowest BCUT2D eigenvalue weighted by Crippen LogP contribution is -2.49. The minimum absolute atomic E-state index is 0.356. The Kier molecular flexibility index (Phi) is 5.58. The number of piperidine rings is 1. The van der Waals surface area contributed by atoms with E-state index in [1.54, 1.807) is 0 Å². The molecule has 164 valence electrons. The standard InChI is InChI=1S/C32H31N/c1-5-13-23(14-6-1)27-21-28(24-15-7-2-8-16-24)30-22-29(27)31(25-17-9-3-10-18-25)33-32(30)26-19-11-4-12-20-26/h1-20,27-33H,21-22H2/t27-,28+,29+,30-,31-,32+. The largest absolute Gasteiger partial charge is 0.303 e. The summed E-state index contributed by atoms with van der Waals surface area (Å²) in [6, 6.07) is 45.5. The van der Waals surface area contributed by atoms with Gasteiger partial charge in [0.25, 0.3) is 0 Å². The van der Waals surface area contributed by atoms with Crippen LogP contribution in [0.15, 0.2) is 121 Å². The van der Waals surface area contributed by atoms with Crippen LogP contribution in [-0.2, 0) is 0 Å². The fourth-order valence-corrected chi connectivity index (χ4v) is 6.62. The summed E-state index contributed by atoms with van der Waals surface area (Å²) in [6.07, 6.45) is 2.45. The highest BCUT2D eigenvalue weighted by atomic mass is 15.0. The van der Waals surface area contributed by atoms with Crippen LogP contribution in [0.2, 0.25) is 0 Å². The SMILES string of the molecule is c1ccc([C@H]2C[C@@H](c3ccccc3)[C@H]3C[C@@H]2[C@@H](c2ccccc2)N[C@H]3c2ccccc2)cc1. The molecule has 0 radical (unpaired) electrons. The zero-order valence-electron chi connectivity index (χ0n) is 18.9. The topological polar surface area (TPSA) is 12.0 Å². The fraction of sp³-hybridized carbons (Fsp3) is 0.250. The van der Waals surface area contributed by atoms with Crippen molar-refractivity contribution in [2.45, 2.75) is 36.8 Å². The number of fused-ring (bicyclic) bond motifs is 2. The van der Waals surface area contributed by atoms with E-state index in [2.05, 4.69) is 127 Å². The minimum atomic E-state index is 0.356. The number of benzene rings is 4. The second-order valence-corrected chi connectivity index (χ2v) is 9.78. The molecular weight excluding hydrogens is 398 g/mol. The van der Waals surface area contributed by atoms with Crippen molar-refractivity contribution < 1.29 is 0 Å². The summed E-state index contributed by atoms with van der Waals surface area (Å²) in [4.78, 5) is 0. The van der Waals surface area contributed by atoms with Gasteiger partial charge in [0.2, 0.25) is 0 Å². The highest BCUT2D eigenvalue weighted by Crippen LogP contribution is 2.58. The Balaban J connectivity index is 1.47. The molecule has 0 unspecified atom stereocenters. The van der Waals surface area contributed by atoms with Gasteiger partial charge in [-0.15, -0.1) is 0 Å².